The van der Waals surface area contributed by atoms with Crippen LogP contribution in [0.3, 0.4) is 0 Å². The first-order chi connectivity index (χ1) is 14.7. The number of hydrogen-bond donors (Lipinski definition) is 1. The van der Waals surface area contributed by atoms with Crippen LogP contribution in [0.4, 0.5) is 0 Å². The van der Waals surface area contributed by atoms with Crippen molar-refractivity contribution in [2.75, 3.05) is 0 Å². The van der Waals surface area contributed by atoms with Crippen molar-refractivity contribution in [3.05, 3.63) is 71.8 Å². The molecule has 0 unspecified atom stereocenters. The summed E-state index contributed by atoms with van der Waals surface area (Å²) in [6, 6.07) is 20.2. The Morgan fingerprint density at radius 1 is 0.774 bits per heavy atom. The number of benzene rings is 2. The van der Waals surface area contributed by atoms with Crippen molar-refractivity contribution in [3.8, 4) is 0 Å². The monoisotopic (exact) mass is 416 g/mol. The summed E-state index contributed by atoms with van der Waals surface area (Å²) in [5.74, 6) is 0.298. The molecular weight excluding hydrogens is 388 g/mol. The Balaban J connectivity index is 1.56. The number of piperidine rings is 1. The molecule has 5 nitrogen and oxygen atoms in total. The van der Waals surface area contributed by atoms with E-state index in [1.165, 1.54) is 0 Å². The Morgan fingerprint density at radius 2 is 1.26 bits per heavy atom. The van der Waals surface area contributed by atoms with Gasteiger partial charge in [0.2, 0.25) is 11.8 Å². The van der Waals surface area contributed by atoms with Gasteiger partial charge in [0, 0.05) is 16.2 Å². The van der Waals surface area contributed by atoms with E-state index in [1.54, 1.807) is 0 Å². The van der Waals surface area contributed by atoms with Gasteiger partial charge < -0.3 is 4.74 Å². The van der Waals surface area contributed by atoms with Gasteiger partial charge in [-0.3, -0.25) is 14.9 Å². The highest BCUT2D eigenvalue weighted by atomic mass is 16.5. The van der Waals surface area contributed by atoms with Crippen LogP contribution in [0, 0.1) is 16.2 Å². The van der Waals surface area contributed by atoms with Crippen molar-refractivity contribution in [1.29, 1.82) is 0 Å². The van der Waals surface area contributed by atoms with E-state index in [-0.39, 0.29) is 24.0 Å². The molecule has 31 heavy (non-hydrogen) atoms. The van der Waals surface area contributed by atoms with Crippen LogP contribution < -0.4 is 5.32 Å². The molecule has 2 aromatic rings. The third kappa shape index (κ3) is 3.18. The lowest BCUT2D eigenvalue weighted by molar-refractivity contribution is -0.158. The predicted octanol–water partition coefficient (Wildman–Crippen LogP) is 4.76. The number of imide groups is 1. The molecule has 1 saturated carbocycles. The molecule has 2 aromatic carbocycles. The molecule has 0 aromatic heterocycles. The number of nitrogens with zero attached hydrogens (tertiary/aromatic N) is 1. The summed E-state index contributed by atoms with van der Waals surface area (Å²) in [6.45, 7) is 6.02. The molecule has 3 aliphatic rings. The Morgan fingerprint density at radius 3 is 1.81 bits per heavy atom. The van der Waals surface area contributed by atoms with Crippen molar-refractivity contribution in [2.45, 2.75) is 52.2 Å². The molecule has 1 aliphatic carbocycles. The Hall–Kier alpha value is -2.95. The van der Waals surface area contributed by atoms with E-state index >= 15 is 0 Å². The van der Waals surface area contributed by atoms with Crippen molar-refractivity contribution >= 4 is 17.7 Å². The first-order valence-electron chi connectivity index (χ1n) is 10.9. The smallest absolute Gasteiger partial charge is 0.232 e. The third-order valence-corrected chi connectivity index (χ3v) is 7.23. The van der Waals surface area contributed by atoms with Gasteiger partial charge in [0.25, 0.3) is 0 Å². The minimum absolute atomic E-state index is 0.165. The fourth-order valence-electron chi connectivity index (χ4n) is 6.15. The summed E-state index contributed by atoms with van der Waals surface area (Å²) < 4.78 is 6.59. The summed E-state index contributed by atoms with van der Waals surface area (Å²) in [4.78, 5) is 30.6. The average Bonchev–Trinajstić information content (AvgIpc) is 3.20. The van der Waals surface area contributed by atoms with Crippen LogP contribution in [0.15, 0.2) is 65.7 Å². The maximum atomic E-state index is 12.7. The van der Waals surface area contributed by atoms with Crippen LogP contribution in [-0.2, 0) is 14.3 Å². The zero-order chi connectivity index (χ0) is 21.9. The molecule has 2 amide bonds. The summed E-state index contributed by atoms with van der Waals surface area (Å²) in [6.07, 6.45) is 1.55. The van der Waals surface area contributed by atoms with E-state index in [4.69, 9.17) is 9.73 Å². The Labute approximate surface area is 182 Å². The van der Waals surface area contributed by atoms with E-state index in [9.17, 15) is 9.59 Å². The van der Waals surface area contributed by atoms with Gasteiger partial charge in [0.15, 0.2) is 12.0 Å². The number of ether oxygens (including phenoxy) is 1. The van der Waals surface area contributed by atoms with Gasteiger partial charge in [-0.25, -0.2) is 4.99 Å². The second-order valence-corrected chi connectivity index (χ2v) is 10.2. The van der Waals surface area contributed by atoms with Gasteiger partial charge in [-0.1, -0.05) is 81.4 Å². The Kier molecular flexibility index (Phi) is 4.37. The molecule has 2 fully saturated rings. The molecule has 2 aliphatic heterocycles. The number of aliphatic imine (C=N–C) groups is 1. The van der Waals surface area contributed by atoms with Crippen LogP contribution in [-0.4, -0.2) is 17.7 Å². The highest BCUT2D eigenvalue weighted by Crippen LogP contribution is 2.59. The van der Waals surface area contributed by atoms with E-state index in [1.807, 2.05) is 50.2 Å². The highest BCUT2D eigenvalue weighted by molar-refractivity contribution is 6.04. The van der Waals surface area contributed by atoms with E-state index in [0.29, 0.717) is 25.2 Å². The largest absolute Gasteiger partial charge is 0.470 e. The lowest BCUT2D eigenvalue weighted by atomic mass is 9.52. The van der Waals surface area contributed by atoms with Gasteiger partial charge in [-0.2, -0.15) is 0 Å². The summed E-state index contributed by atoms with van der Waals surface area (Å²) in [5.41, 5.74) is 0.438. The molecule has 2 heterocycles. The van der Waals surface area contributed by atoms with Crippen LogP contribution in [0.1, 0.15) is 63.3 Å². The molecule has 5 rings (SSSR count). The second kappa shape index (κ2) is 6.78. The second-order valence-electron chi connectivity index (χ2n) is 10.2. The van der Waals surface area contributed by atoms with Crippen molar-refractivity contribution in [1.82, 2.24) is 5.32 Å². The zero-order valence-electron chi connectivity index (χ0n) is 18.2. The van der Waals surface area contributed by atoms with Gasteiger partial charge in [-0.15, -0.1) is 0 Å². The lowest BCUT2D eigenvalue weighted by Gasteiger charge is -2.53. The first kappa shape index (κ1) is 20.0. The van der Waals surface area contributed by atoms with Crippen LogP contribution in [0.5, 0.6) is 0 Å². The maximum Gasteiger partial charge on any atom is 0.232 e. The maximum absolute atomic E-state index is 12.7. The van der Waals surface area contributed by atoms with Crippen LogP contribution >= 0.6 is 0 Å². The van der Waals surface area contributed by atoms with Gasteiger partial charge in [0.05, 0.1) is 0 Å². The average molecular weight is 417 g/mol. The number of amides is 2. The summed E-state index contributed by atoms with van der Waals surface area (Å²) >= 11 is 0. The lowest BCUT2D eigenvalue weighted by Crippen LogP contribution is -2.62. The number of hydrogen-bond acceptors (Lipinski definition) is 4. The molecule has 0 spiro atoms. The number of carbonyl (C=O) groups is 2. The molecule has 1 saturated heterocycles. The topological polar surface area (TPSA) is 67.8 Å². The van der Waals surface area contributed by atoms with Gasteiger partial charge in [0.1, 0.15) is 6.04 Å². The zero-order valence-corrected chi connectivity index (χ0v) is 18.2. The molecular formula is C26H28N2O3. The van der Waals surface area contributed by atoms with Gasteiger partial charge >= 0.3 is 0 Å². The highest BCUT2D eigenvalue weighted by Gasteiger charge is 2.61. The number of rotatable bonds is 3. The van der Waals surface area contributed by atoms with Crippen molar-refractivity contribution in [3.63, 3.8) is 0 Å². The number of carbonyl (C=O) groups excluding carboxylic acids is 2. The van der Waals surface area contributed by atoms with Gasteiger partial charge in [-0.05, 0) is 30.4 Å². The minimum atomic E-state index is -0.616. The summed E-state index contributed by atoms with van der Waals surface area (Å²) in [5, 5.41) is 2.60. The normalized spacial score (nSPS) is 37.1. The minimum Gasteiger partial charge on any atom is -0.470 e. The number of nitrogens with one attached hydrogen (secondary N) is 1. The fraction of sp³-hybridized carbons (Fsp3) is 0.423. The van der Waals surface area contributed by atoms with E-state index < -0.39 is 16.2 Å². The van der Waals surface area contributed by atoms with E-state index in [2.05, 4.69) is 36.5 Å². The molecule has 0 radical (unpaired) electrons. The predicted molar refractivity (Wildman–Crippen MR) is 118 cm³/mol. The molecule has 160 valence electrons. The fourth-order valence-corrected chi connectivity index (χ4v) is 6.15. The third-order valence-electron chi connectivity index (χ3n) is 7.23. The molecule has 2 bridgehead atoms. The number of fused-ring (bicyclic) bond motifs is 2. The molecule has 4 atom stereocenters. The molecule has 1 N–H and O–H groups in total. The summed E-state index contributed by atoms with van der Waals surface area (Å²) in [7, 11) is 0. The standard InChI is InChI=1S/C26H28N2O3/c1-24-14-25(2,22(30)28-21(24)29)16-26(3,15-24)23-27-19(17-10-6-4-7-11-17)20(31-23)18-12-8-5-9-13-18/h4-13,19-20H,14-16H2,1-3H3,(H,28,29,30)/t19-,20-,24-,25-/m1/s1. The van der Waals surface area contributed by atoms with E-state index in [0.717, 1.165) is 11.1 Å². The first-order valence-corrected chi connectivity index (χ1v) is 10.9. The molecule has 5 heteroatoms. The van der Waals surface area contributed by atoms with Crippen molar-refractivity contribution in [2.24, 2.45) is 21.2 Å². The Bertz CT molecular complexity index is 1040. The van der Waals surface area contributed by atoms with Crippen LogP contribution in [0.2, 0.25) is 0 Å². The van der Waals surface area contributed by atoms with Crippen molar-refractivity contribution < 1.29 is 14.3 Å². The van der Waals surface area contributed by atoms with Crippen LogP contribution in [0.25, 0.3) is 0 Å². The quantitative estimate of drug-likeness (QED) is 0.734. The SMILES string of the molecule is CC1(C2=N[C@H](c3ccccc3)[C@@H](c3ccccc3)O2)C[C@@]2(C)C[C@](C)(C1)C(=O)NC2=O.